The first-order valence-electron chi connectivity index (χ1n) is 7.40. The maximum atomic E-state index is 12.0. The fourth-order valence-electron chi connectivity index (χ4n) is 1.97. The average Bonchev–Trinajstić information content (AvgIpc) is 2.58. The molecule has 24 heavy (non-hydrogen) atoms. The minimum atomic E-state index is -0.724. The van der Waals surface area contributed by atoms with Gasteiger partial charge >= 0.3 is 0 Å². The summed E-state index contributed by atoms with van der Waals surface area (Å²) in [5.41, 5.74) is 2.48. The number of imide groups is 1. The van der Waals surface area contributed by atoms with Crippen LogP contribution in [-0.4, -0.2) is 11.8 Å². The molecule has 2 rings (SSSR count). The first-order chi connectivity index (χ1) is 11.6. The van der Waals surface area contributed by atoms with Crippen molar-refractivity contribution in [1.29, 1.82) is 5.26 Å². The predicted octanol–water partition coefficient (Wildman–Crippen LogP) is 2.70. The molecule has 0 fully saturated rings. The molecule has 0 aromatic heterocycles. The Kier molecular flexibility index (Phi) is 5.87. The van der Waals surface area contributed by atoms with Crippen LogP contribution in [0.2, 0.25) is 0 Å². The average molecular weight is 319 g/mol. The molecule has 0 radical (unpaired) electrons. The highest BCUT2D eigenvalue weighted by molar-refractivity contribution is 6.07. The van der Waals surface area contributed by atoms with Crippen LogP contribution in [0.1, 0.15) is 11.1 Å². The highest BCUT2D eigenvalue weighted by atomic mass is 16.2. The quantitative estimate of drug-likeness (QED) is 0.656. The van der Waals surface area contributed by atoms with E-state index in [0.29, 0.717) is 0 Å². The number of hydrogen-bond acceptors (Lipinski definition) is 4. The molecular weight excluding hydrogens is 302 g/mol. The highest BCUT2D eigenvalue weighted by Crippen LogP contribution is 2.09. The van der Waals surface area contributed by atoms with E-state index in [2.05, 4.69) is 10.6 Å². The molecule has 0 aliphatic rings. The van der Waals surface area contributed by atoms with Crippen LogP contribution in [0.25, 0.3) is 0 Å². The van der Waals surface area contributed by atoms with Gasteiger partial charge in [0.1, 0.15) is 11.6 Å². The zero-order valence-electron chi connectivity index (χ0n) is 13.2. The van der Waals surface area contributed by atoms with Crippen molar-refractivity contribution in [3.05, 3.63) is 77.5 Å². The summed E-state index contributed by atoms with van der Waals surface area (Å²) in [4.78, 5) is 23.9. The van der Waals surface area contributed by atoms with Gasteiger partial charge in [-0.1, -0.05) is 48.0 Å². The number of nitrogens with zero attached hydrogens (tertiary/aromatic N) is 1. The zero-order chi connectivity index (χ0) is 17.4. The second-order valence-corrected chi connectivity index (χ2v) is 5.22. The number of nitrogens with one attached hydrogen (secondary N) is 2. The van der Waals surface area contributed by atoms with Crippen LogP contribution in [-0.2, 0) is 16.0 Å². The first kappa shape index (κ1) is 17.0. The lowest BCUT2D eigenvalue weighted by Gasteiger charge is -2.05. The molecule has 2 aromatic carbocycles. The molecule has 0 aliphatic carbocycles. The molecule has 0 aliphatic heterocycles. The summed E-state index contributed by atoms with van der Waals surface area (Å²) < 4.78 is 0. The van der Waals surface area contributed by atoms with Crippen LogP contribution < -0.4 is 10.6 Å². The van der Waals surface area contributed by atoms with Crippen molar-refractivity contribution >= 4 is 17.5 Å². The lowest BCUT2D eigenvalue weighted by molar-refractivity contribution is -0.127. The van der Waals surface area contributed by atoms with Gasteiger partial charge in [-0.15, -0.1) is 0 Å². The van der Waals surface area contributed by atoms with E-state index in [9.17, 15) is 9.59 Å². The Labute approximate surface area is 140 Å². The van der Waals surface area contributed by atoms with Gasteiger partial charge in [-0.25, -0.2) is 0 Å². The van der Waals surface area contributed by atoms with Gasteiger partial charge < -0.3 is 5.32 Å². The highest BCUT2D eigenvalue weighted by Gasteiger charge is 2.13. The van der Waals surface area contributed by atoms with Gasteiger partial charge in [0, 0.05) is 11.9 Å². The fourth-order valence-corrected chi connectivity index (χ4v) is 1.97. The van der Waals surface area contributed by atoms with E-state index in [1.54, 1.807) is 18.2 Å². The van der Waals surface area contributed by atoms with Crippen molar-refractivity contribution in [2.24, 2.45) is 0 Å². The third-order valence-corrected chi connectivity index (χ3v) is 3.26. The topological polar surface area (TPSA) is 82.0 Å². The zero-order valence-corrected chi connectivity index (χ0v) is 13.2. The number of amides is 2. The van der Waals surface area contributed by atoms with E-state index in [1.165, 1.54) is 6.20 Å². The summed E-state index contributed by atoms with van der Waals surface area (Å²) in [6.07, 6.45) is 1.37. The van der Waals surface area contributed by atoms with Crippen LogP contribution in [0.15, 0.2) is 66.4 Å². The van der Waals surface area contributed by atoms with Crippen LogP contribution in [0.4, 0.5) is 5.69 Å². The minimum absolute atomic E-state index is 0.0800. The number of nitriles is 1. The van der Waals surface area contributed by atoms with Gasteiger partial charge in [0.25, 0.3) is 5.91 Å². The molecule has 2 N–H and O–H groups in total. The number of anilines is 1. The largest absolute Gasteiger partial charge is 0.360 e. The Morgan fingerprint density at radius 1 is 1.08 bits per heavy atom. The second kappa shape index (κ2) is 8.30. The Morgan fingerprint density at radius 3 is 2.38 bits per heavy atom. The van der Waals surface area contributed by atoms with Crippen LogP contribution in [0.3, 0.4) is 0 Å². The molecule has 0 saturated heterocycles. The van der Waals surface area contributed by atoms with Crippen molar-refractivity contribution < 1.29 is 9.59 Å². The Morgan fingerprint density at radius 2 is 1.75 bits per heavy atom. The summed E-state index contributed by atoms with van der Waals surface area (Å²) in [6, 6.07) is 18.3. The molecule has 5 heteroatoms. The van der Waals surface area contributed by atoms with Gasteiger partial charge in [-0.05, 0) is 24.6 Å². The van der Waals surface area contributed by atoms with E-state index >= 15 is 0 Å². The van der Waals surface area contributed by atoms with Crippen molar-refractivity contribution in [1.82, 2.24) is 5.32 Å². The van der Waals surface area contributed by atoms with Crippen LogP contribution >= 0.6 is 0 Å². The molecule has 120 valence electrons. The molecule has 2 amide bonds. The number of rotatable bonds is 5. The van der Waals surface area contributed by atoms with Crippen molar-refractivity contribution in [2.45, 2.75) is 13.3 Å². The van der Waals surface area contributed by atoms with E-state index < -0.39 is 11.8 Å². The number of hydrogen-bond donors (Lipinski definition) is 2. The Hall–Kier alpha value is -3.39. The third-order valence-electron chi connectivity index (χ3n) is 3.26. The van der Waals surface area contributed by atoms with Gasteiger partial charge in [0.05, 0.1) is 6.42 Å². The molecule has 0 bridgehead atoms. The summed E-state index contributed by atoms with van der Waals surface area (Å²) in [5, 5.41) is 14.2. The molecule has 2 aromatic rings. The fraction of sp³-hybridized carbons (Fsp3) is 0.105. The normalized spacial score (nSPS) is 10.6. The van der Waals surface area contributed by atoms with Gasteiger partial charge in [0.15, 0.2) is 0 Å². The molecule has 0 saturated carbocycles. The van der Waals surface area contributed by atoms with E-state index in [1.807, 2.05) is 49.4 Å². The molecule has 0 heterocycles. The third kappa shape index (κ3) is 5.11. The van der Waals surface area contributed by atoms with E-state index in [-0.39, 0.29) is 12.0 Å². The predicted molar refractivity (Wildman–Crippen MR) is 91.8 cm³/mol. The standard InChI is InChI=1S/C19H17N3O2/c1-14-7-9-17(10-8-14)21-13-16(12-20)19(24)22-18(23)11-15-5-3-2-4-6-15/h2-10,13,21H,11H2,1H3,(H,22,23,24)/b16-13+. The SMILES string of the molecule is Cc1ccc(N/C=C(\C#N)C(=O)NC(=O)Cc2ccccc2)cc1. The maximum absolute atomic E-state index is 12.0. The molecule has 5 nitrogen and oxygen atoms in total. The van der Waals surface area contributed by atoms with Gasteiger partial charge in [0.2, 0.25) is 5.91 Å². The van der Waals surface area contributed by atoms with Crippen LogP contribution in [0, 0.1) is 18.3 Å². The molecule has 0 atom stereocenters. The second-order valence-electron chi connectivity index (χ2n) is 5.22. The van der Waals surface area contributed by atoms with Crippen molar-refractivity contribution in [2.75, 3.05) is 5.32 Å². The lowest BCUT2D eigenvalue weighted by Crippen LogP contribution is -2.32. The maximum Gasteiger partial charge on any atom is 0.270 e. The van der Waals surface area contributed by atoms with Crippen LogP contribution in [0.5, 0.6) is 0 Å². The summed E-state index contributed by atoms with van der Waals surface area (Å²) in [5.74, 6) is -1.18. The summed E-state index contributed by atoms with van der Waals surface area (Å²) in [6.45, 7) is 1.96. The van der Waals surface area contributed by atoms with E-state index in [4.69, 9.17) is 5.26 Å². The number of aryl methyl sites for hydroxylation is 1. The van der Waals surface area contributed by atoms with Crippen molar-refractivity contribution in [3.63, 3.8) is 0 Å². The van der Waals surface area contributed by atoms with Crippen molar-refractivity contribution in [3.8, 4) is 6.07 Å². The minimum Gasteiger partial charge on any atom is -0.360 e. The first-order valence-corrected chi connectivity index (χ1v) is 7.40. The van der Waals surface area contributed by atoms with Gasteiger partial charge in [-0.2, -0.15) is 5.26 Å². The Balaban J connectivity index is 1.95. The summed E-state index contributed by atoms with van der Waals surface area (Å²) >= 11 is 0. The summed E-state index contributed by atoms with van der Waals surface area (Å²) in [7, 11) is 0. The Bertz CT molecular complexity index is 788. The van der Waals surface area contributed by atoms with Gasteiger partial charge in [-0.3, -0.25) is 14.9 Å². The van der Waals surface area contributed by atoms with E-state index in [0.717, 1.165) is 16.8 Å². The lowest BCUT2D eigenvalue weighted by atomic mass is 10.1. The molecular formula is C19H17N3O2. The number of carbonyl (C=O) groups excluding carboxylic acids is 2. The number of benzene rings is 2. The molecule has 0 spiro atoms. The molecule has 0 unspecified atom stereocenters. The number of carbonyl (C=O) groups is 2. The monoisotopic (exact) mass is 319 g/mol. The smallest absolute Gasteiger partial charge is 0.270 e.